The van der Waals surface area contributed by atoms with Gasteiger partial charge in [0.15, 0.2) is 11.4 Å². The van der Waals surface area contributed by atoms with E-state index >= 15 is 0 Å². The van der Waals surface area contributed by atoms with Crippen molar-refractivity contribution >= 4 is 125 Å². The van der Waals surface area contributed by atoms with Crippen molar-refractivity contribution in [2.45, 2.75) is 0 Å². The Morgan fingerprint density at radius 2 is 1.03 bits per heavy atom. The van der Waals surface area contributed by atoms with Crippen LogP contribution in [0.1, 0.15) is 0 Å². The van der Waals surface area contributed by atoms with Crippen molar-refractivity contribution in [3.63, 3.8) is 0 Å². The van der Waals surface area contributed by atoms with Gasteiger partial charge < -0.3 is 13.4 Å². The number of para-hydroxylation sites is 3. The first-order valence-electron chi connectivity index (χ1n) is 22.9. The Morgan fingerprint density at radius 1 is 0.373 bits per heavy atom. The van der Waals surface area contributed by atoms with E-state index in [0.29, 0.717) is 11.4 Å². The molecule has 5 heteroatoms. The lowest BCUT2D eigenvalue weighted by Gasteiger charge is -2.16. The molecule has 67 heavy (non-hydrogen) atoms. The topological polar surface area (TPSA) is 48.3 Å². The van der Waals surface area contributed by atoms with Gasteiger partial charge in [-0.3, -0.25) is 0 Å². The van der Waals surface area contributed by atoms with Crippen LogP contribution in [0.25, 0.3) is 153 Å². The first-order chi connectivity index (χ1) is 33.3. The van der Waals surface area contributed by atoms with Gasteiger partial charge in [-0.15, -0.1) is 0 Å². The fourth-order valence-electron chi connectivity index (χ4n) is 11.8. The molecule has 0 aliphatic heterocycles. The Labute approximate surface area is 381 Å². The lowest BCUT2D eigenvalue weighted by atomic mass is 9.97. The van der Waals surface area contributed by atoms with Crippen molar-refractivity contribution < 1.29 is 4.42 Å². The van der Waals surface area contributed by atoms with E-state index in [1.807, 2.05) is 18.2 Å². The second-order valence-electron chi connectivity index (χ2n) is 18.0. The highest BCUT2D eigenvalue weighted by Gasteiger charge is 2.27. The van der Waals surface area contributed by atoms with Crippen LogP contribution in [0.4, 0.5) is 0 Å². The van der Waals surface area contributed by atoms with Crippen LogP contribution in [0.3, 0.4) is 0 Å². The molecule has 0 bridgehead atoms. The molecule has 0 aliphatic rings. The normalized spacial score (nSPS) is 12.5. The minimum absolute atomic E-state index is 0.657. The Kier molecular flexibility index (Phi) is 6.75. The van der Waals surface area contributed by atoms with Crippen molar-refractivity contribution in [2.75, 3.05) is 0 Å². The van der Waals surface area contributed by atoms with Crippen LogP contribution in [0, 0.1) is 0 Å². The van der Waals surface area contributed by atoms with Crippen LogP contribution in [0.2, 0.25) is 0 Å². The van der Waals surface area contributed by atoms with E-state index in [1.165, 1.54) is 81.3 Å². The van der Waals surface area contributed by atoms with Crippen molar-refractivity contribution in [3.8, 4) is 28.3 Å². The average molecular weight is 851 g/mol. The minimum Gasteiger partial charge on any atom is -0.452 e. The molecule has 0 saturated carbocycles. The summed E-state index contributed by atoms with van der Waals surface area (Å²) >= 11 is 0. The predicted molar refractivity (Wildman–Crippen MR) is 279 cm³/mol. The van der Waals surface area contributed by atoms with Gasteiger partial charge in [0.1, 0.15) is 16.8 Å². The van der Waals surface area contributed by atoms with Gasteiger partial charge in [0.2, 0.25) is 0 Å². The van der Waals surface area contributed by atoms with E-state index in [4.69, 9.17) is 14.4 Å². The smallest absolute Gasteiger partial charge is 0.180 e. The molecular weight excluding hydrogens is 817 g/mol. The molecule has 0 amide bonds. The van der Waals surface area contributed by atoms with E-state index in [9.17, 15) is 0 Å². The zero-order valence-corrected chi connectivity index (χ0v) is 35.8. The third-order valence-corrected chi connectivity index (χ3v) is 14.6. The molecule has 0 spiro atoms. The van der Waals surface area contributed by atoms with Crippen LogP contribution >= 0.6 is 0 Å². The number of hydrogen-bond acceptors (Lipinski definition) is 3. The fourth-order valence-corrected chi connectivity index (χ4v) is 11.8. The number of rotatable bonds is 3. The van der Waals surface area contributed by atoms with Crippen molar-refractivity contribution in [2.24, 2.45) is 0 Å². The maximum atomic E-state index is 6.59. The molecule has 0 aliphatic carbocycles. The Balaban J connectivity index is 1.02. The quantitative estimate of drug-likeness (QED) is 0.178. The third kappa shape index (κ3) is 4.57. The van der Waals surface area contributed by atoms with E-state index in [-0.39, 0.29) is 0 Å². The summed E-state index contributed by atoms with van der Waals surface area (Å²) in [7, 11) is 0. The van der Waals surface area contributed by atoms with Gasteiger partial charge in [-0.2, -0.15) is 0 Å². The molecule has 0 fully saturated rings. The number of furan rings is 1. The van der Waals surface area contributed by atoms with Gasteiger partial charge in [0.25, 0.3) is 0 Å². The van der Waals surface area contributed by atoms with Crippen LogP contribution in [-0.2, 0) is 0 Å². The second kappa shape index (κ2) is 12.8. The summed E-state index contributed by atoms with van der Waals surface area (Å²) < 4.78 is 11.7. The summed E-state index contributed by atoms with van der Waals surface area (Å²) in [5.41, 5.74) is 12.2. The molecule has 308 valence electrons. The number of benzene rings is 11. The van der Waals surface area contributed by atoms with E-state index in [1.54, 1.807) is 0 Å². The molecule has 0 radical (unpaired) electrons. The van der Waals surface area contributed by atoms with Crippen LogP contribution in [0.5, 0.6) is 0 Å². The van der Waals surface area contributed by atoms with Gasteiger partial charge in [0, 0.05) is 59.6 Å². The van der Waals surface area contributed by atoms with Crippen LogP contribution < -0.4 is 0 Å². The molecule has 0 atom stereocenters. The Bertz CT molecular complexity index is 4820. The summed E-state index contributed by atoms with van der Waals surface area (Å²) in [4.78, 5) is 10.8. The summed E-state index contributed by atoms with van der Waals surface area (Å²) in [5.74, 6) is 0.657. The highest BCUT2D eigenvalue weighted by molar-refractivity contribution is 6.40. The summed E-state index contributed by atoms with van der Waals surface area (Å²) in [5, 5.41) is 18.1. The number of fused-ring (bicyclic) bond motifs is 20. The first kappa shape index (κ1) is 35.3. The lowest BCUT2D eigenvalue weighted by molar-refractivity contribution is 0.667. The molecule has 0 saturated heterocycles. The second-order valence-corrected chi connectivity index (χ2v) is 18.0. The average Bonchev–Trinajstić information content (AvgIpc) is 4.14. The lowest BCUT2D eigenvalue weighted by Crippen LogP contribution is -1.99. The molecular formula is C62H34N4O. The highest BCUT2D eigenvalue weighted by Crippen LogP contribution is 2.50. The van der Waals surface area contributed by atoms with Crippen LogP contribution in [-0.4, -0.2) is 18.9 Å². The van der Waals surface area contributed by atoms with E-state index < -0.39 is 0 Å². The monoisotopic (exact) mass is 850 g/mol. The largest absolute Gasteiger partial charge is 0.452 e. The first-order valence-corrected chi connectivity index (χ1v) is 22.9. The van der Waals surface area contributed by atoms with Gasteiger partial charge >= 0.3 is 0 Å². The third-order valence-electron chi connectivity index (χ3n) is 14.6. The van der Waals surface area contributed by atoms with Gasteiger partial charge in [0.05, 0.1) is 33.3 Å². The van der Waals surface area contributed by atoms with Crippen LogP contribution in [0.15, 0.2) is 211 Å². The summed E-state index contributed by atoms with van der Waals surface area (Å²) in [6, 6.07) is 74.7. The molecule has 16 aromatic rings. The maximum absolute atomic E-state index is 6.59. The van der Waals surface area contributed by atoms with E-state index in [0.717, 1.165) is 60.7 Å². The predicted octanol–water partition coefficient (Wildman–Crippen LogP) is 16.6. The molecule has 5 aromatic heterocycles. The van der Waals surface area contributed by atoms with E-state index in [2.05, 4.69) is 197 Å². The molecule has 5 nitrogen and oxygen atoms in total. The highest BCUT2D eigenvalue weighted by atomic mass is 16.3. The van der Waals surface area contributed by atoms with Gasteiger partial charge in [-0.05, 0) is 74.8 Å². The standard InChI is InChI=1S/C62H34N4O/c1-2-16-37-34-38(29-28-35(37)14-1)56-61-57(46-23-10-12-27-52(46)67-61)64-62(63-56)44-31-33-50(41-19-6-5-18-40(41)44)65-49-26-11-9-22-45(49)55-59(65)43-21-8-7-20-42(43)54-48-25-13-24-47-53-39-17-4-3-15-36(39)30-32-51(53)66(58(47)48)60(54)55/h1-34H. The summed E-state index contributed by atoms with van der Waals surface area (Å²) in [6.07, 6.45) is 0. The van der Waals surface area contributed by atoms with Gasteiger partial charge in [-0.25, -0.2) is 9.97 Å². The minimum atomic E-state index is 0.657. The Morgan fingerprint density at radius 3 is 1.90 bits per heavy atom. The number of nitrogens with zero attached hydrogens (tertiary/aromatic N) is 4. The van der Waals surface area contributed by atoms with Crippen molar-refractivity contribution in [1.82, 2.24) is 18.9 Å². The molecule has 0 N–H and O–H groups in total. The zero-order chi connectivity index (χ0) is 43.5. The maximum Gasteiger partial charge on any atom is 0.180 e. The Hall–Kier alpha value is -9.06. The van der Waals surface area contributed by atoms with Crippen molar-refractivity contribution in [1.29, 1.82) is 0 Å². The molecule has 16 rings (SSSR count). The zero-order valence-electron chi connectivity index (χ0n) is 35.8. The SMILES string of the molecule is c1ccc2cc(-c3nc(-c4ccc(-n5c6ccccc6c6c5c5ccccc5c5c7cccc8c9c%10ccccc%10ccc9n(c87)c56)c5ccccc45)nc4c3oc3ccccc34)ccc2c1. The summed E-state index contributed by atoms with van der Waals surface area (Å²) in [6.45, 7) is 0. The van der Waals surface area contributed by atoms with Gasteiger partial charge in [-0.1, -0.05) is 164 Å². The number of aromatic nitrogens is 4. The molecule has 5 heterocycles. The molecule has 0 unspecified atom stereocenters. The number of hydrogen-bond donors (Lipinski definition) is 0. The fraction of sp³-hybridized carbons (Fsp3) is 0. The molecule has 11 aromatic carbocycles. The van der Waals surface area contributed by atoms with Crippen molar-refractivity contribution in [3.05, 3.63) is 206 Å².